The van der Waals surface area contributed by atoms with Gasteiger partial charge in [-0.3, -0.25) is 8.86 Å². The van der Waals surface area contributed by atoms with E-state index in [4.69, 9.17) is 26.6 Å². The number of fused-ring (bicyclic) bond motifs is 1. The molecule has 1 saturated carbocycles. The Hall–Kier alpha value is -2.88. The summed E-state index contributed by atoms with van der Waals surface area (Å²) in [4.78, 5) is 4.45. The van der Waals surface area contributed by atoms with Gasteiger partial charge in [-0.1, -0.05) is 18.5 Å². The average Bonchev–Trinajstić information content (AvgIpc) is 3.45. The largest absolute Gasteiger partial charge is 0.382 e. The molecule has 3 aromatic rings. The normalized spacial score (nSPS) is 20.6. The van der Waals surface area contributed by atoms with Gasteiger partial charge in [-0.15, -0.1) is 0 Å². The zero-order valence-corrected chi connectivity index (χ0v) is 20.8. The van der Waals surface area contributed by atoms with Crippen molar-refractivity contribution in [3.63, 3.8) is 0 Å². The van der Waals surface area contributed by atoms with E-state index in [1.807, 2.05) is 16.9 Å². The van der Waals surface area contributed by atoms with E-state index in [0.717, 1.165) is 24.8 Å². The molecule has 1 fully saturated rings. The van der Waals surface area contributed by atoms with Crippen LogP contribution in [0.3, 0.4) is 0 Å². The van der Waals surface area contributed by atoms with Gasteiger partial charge in [0.2, 0.25) is 0 Å². The summed E-state index contributed by atoms with van der Waals surface area (Å²) in [5.74, 6) is 0.931. The van der Waals surface area contributed by atoms with E-state index in [1.54, 1.807) is 6.92 Å². The first kappa shape index (κ1) is 24.3. The maximum atomic E-state index is 11.4. The molecule has 0 bridgehead atoms. The predicted octanol–water partition coefficient (Wildman–Crippen LogP) is 2.56. The van der Waals surface area contributed by atoms with Gasteiger partial charge >= 0.3 is 0 Å². The van der Waals surface area contributed by atoms with Gasteiger partial charge in [0, 0.05) is 25.1 Å². The number of aromatic nitrogens is 5. The summed E-state index contributed by atoms with van der Waals surface area (Å²) in [7, 11) is -3.49. The lowest BCUT2D eigenvalue weighted by atomic mass is 9.96. The molecule has 0 aliphatic heterocycles. The smallest absolute Gasteiger partial charge is 0.264 e. The third-order valence-corrected chi connectivity index (χ3v) is 7.32. The van der Waals surface area contributed by atoms with Crippen LogP contribution in [0.4, 0.5) is 11.6 Å². The van der Waals surface area contributed by atoms with Gasteiger partial charge in [-0.2, -0.15) is 28.4 Å². The molecule has 11 nitrogen and oxygen atoms in total. The van der Waals surface area contributed by atoms with Crippen LogP contribution in [0.5, 0.6) is 0 Å². The summed E-state index contributed by atoms with van der Waals surface area (Å²) in [6.07, 6.45) is 5.48. The van der Waals surface area contributed by atoms with E-state index >= 15 is 0 Å². The Labute approximate surface area is 203 Å². The van der Waals surface area contributed by atoms with Gasteiger partial charge < -0.3 is 11.1 Å². The van der Waals surface area contributed by atoms with Gasteiger partial charge in [0.15, 0.2) is 5.65 Å². The first-order valence-corrected chi connectivity index (χ1v) is 13.1. The van der Waals surface area contributed by atoms with Gasteiger partial charge in [-0.05, 0) is 31.7 Å². The van der Waals surface area contributed by atoms with Crippen LogP contribution in [0.1, 0.15) is 42.8 Å². The van der Waals surface area contributed by atoms with Crippen molar-refractivity contribution < 1.29 is 12.6 Å². The number of hydrogen-bond donors (Lipinski definition) is 2. The number of nitrogens with one attached hydrogen (secondary N) is 1. The molecule has 1 aliphatic carbocycles. The fraction of sp³-hybridized carbons (Fsp3) is 0.524. The number of aryl methyl sites for hydroxylation is 1. The van der Waals surface area contributed by atoms with E-state index in [2.05, 4.69) is 28.4 Å². The van der Waals surface area contributed by atoms with Crippen LogP contribution >= 0.6 is 11.6 Å². The standard InChI is InChI=1S/C21H27ClN8O3S/c1-12-4-5-17(16(12)11-33-34(3,31)32)29-9-7-14(28-29)6-8-25-20-15(10-23)19(24)30-21(26-20)18(22)13(2)27-30/h7,9,12,16-17H,4-6,8,11,24H2,1-3H3,(H,25,26). The van der Waals surface area contributed by atoms with Crippen molar-refractivity contribution in [2.75, 3.05) is 30.5 Å². The van der Waals surface area contributed by atoms with Crippen molar-refractivity contribution in [3.05, 3.63) is 34.2 Å². The molecular formula is C21H27ClN8O3S. The topological polar surface area (TPSA) is 153 Å². The lowest BCUT2D eigenvalue weighted by Gasteiger charge is -2.22. The van der Waals surface area contributed by atoms with Crippen molar-refractivity contribution in [2.45, 2.75) is 39.2 Å². The fourth-order valence-electron chi connectivity index (χ4n) is 4.44. The number of rotatable bonds is 8. The summed E-state index contributed by atoms with van der Waals surface area (Å²) in [5.41, 5.74) is 8.15. The quantitative estimate of drug-likeness (QED) is 0.438. The van der Waals surface area contributed by atoms with Crippen LogP contribution in [0, 0.1) is 30.1 Å². The Morgan fingerprint density at radius 3 is 2.85 bits per heavy atom. The zero-order valence-electron chi connectivity index (χ0n) is 19.2. The van der Waals surface area contributed by atoms with Gasteiger partial charge in [0.25, 0.3) is 10.1 Å². The zero-order chi connectivity index (χ0) is 24.6. The predicted molar refractivity (Wildman–Crippen MR) is 128 cm³/mol. The number of nitrogens with two attached hydrogens (primary N) is 1. The molecule has 0 saturated heterocycles. The summed E-state index contributed by atoms with van der Waals surface area (Å²) in [6.45, 7) is 4.49. The Balaban J connectivity index is 1.44. The summed E-state index contributed by atoms with van der Waals surface area (Å²) >= 11 is 6.28. The van der Waals surface area contributed by atoms with E-state index in [0.29, 0.717) is 41.1 Å². The molecule has 4 rings (SSSR count). The van der Waals surface area contributed by atoms with Gasteiger partial charge in [0.05, 0.1) is 30.3 Å². The number of hydrogen-bond acceptors (Lipinski definition) is 9. The lowest BCUT2D eigenvalue weighted by molar-refractivity contribution is 0.186. The SMILES string of the molecule is Cc1nn2c(N)c(C#N)c(NCCc3ccn(C4CCC(C)C4COS(C)(=O)=O)n3)nc2c1Cl. The Morgan fingerprint density at radius 2 is 2.15 bits per heavy atom. The van der Waals surface area contributed by atoms with Crippen molar-refractivity contribution in [1.82, 2.24) is 24.4 Å². The molecule has 13 heteroatoms. The minimum Gasteiger partial charge on any atom is -0.382 e. The molecule has 3 heterocycles. The minimum atomic E-state index is -3.49. The van der Waals surface area contributed by atoms with E-state index in [-0.39, 0.29) is 29.9 Å². The van der Waals surface area contributed by atoms with E-state index < -0.39 is 10.1 Å². The van der Waals surface area contributed by atoms with Crippen LogP contribution < -0.4 is 11.1 Å². The summed E-state index contributed by atoms with van der Waals surface area (Å²) < 4.78 is 31.2. The van der Waals surface area contributed by atoms with Crippen molar-refractivity contribution in [3.8, 4) is 6.07 Å². The Bertz CT molecular complexity index is 1360. The first-order valence-electron chi connectivity index (χ1n) is 11.0. The molecule has 1 aliphatic rings. The number of anilines is 2. The summed E-state index contributed by atoms with van der Waals surface area (Å²) in [5, 5.41) is 22.1. The fourth-order valence-corrected chi connectivity index (χ4v) is 5.00. The van der Waals surface area contributed by atoms with Crippen LogP contribution in [-0.2, 0) is 20.7 Å². The van der Waals surface area contributed by atoms with Gasteiger partial charge in [0.1, 0.15) is 28.3 Å². The highest BCUT2D eigenvalue weighted by atomic mass is 35.5. The number of halogens is 1. The molecule has 3 aromatic heterocycles. The number of nitrogen functional groups attached to an aromatic ring is 1. The second-order valence-electron chi connectivity index (χ2n) is 8.71. The van der Waals surface area contributed by atoms with Crippen molar-refractivity contribution in [1.29, 1.82) is 5.26 Å². The van der Waals surface area contributed by atoms with Crippen LogP contribution in [-0.4, -0.2) is 52.2 Å². The maximum Gasteiger partial charge on any atom is 0.264 e. The van der Waals surface area contributed by atoms with Crippen molar-refractivity contribution >= 4 is 39.0 Å². The molecular weight excluding hydrogens is 480 g/mol. The second kappa shape index (κ2) is 9.40. The van der Waals surface area contributed by atoms with Crippen LogP contribution in [0.2, 0.25) is 5.02 Å². The van der Waals surface area contributed by atoms with Gasteiger partial charge in [-0.25, -0.2) is 4.98 Å². The average molecular weight is 507 g/mol. The highest BCUT2D eigenvalue weighted by Crippen LogP contribution is 2.40. The van der Waals surface area contributed by atoms with Crippen LogP contribution in [0.15, 0.2) is 12.3 Å². The van der Waals surface area contributed by atoms with Crippen molar-refractivity contribution in [2.24, 2.45) is 11.8 Å². The van der Waals surface area contributed by atoms with E-state index in [9.17, 15) is 13.7 Å². The van der Waals surface area contributed by atoms with Crippen LogP contribution in [0.25, 0.3) is 5.65 Å². The molecule has 3 N–H and O–H groups in total. The molecule has 0 aromatic carbocycles. The monoisotopic (exact) mass is 506 g/mol. The highest BCUT2D eigenvalue weighted by molar-refractivity contribution is 7.85. The minimum absolute atomic E-state index is 0.0709. The third-order valence-electron chi connectivity index (χ3n) is 6.31. The third kappa shape index (κ3) is 4.82. The molecule has 34 heavy (non-hydrogen) atoms. The number of nitrogens with zero attached hydrogens (tertiary/aromatic N) is 6. The molecule has 3 unspecified atom stereocenters. The lowest BCUT2D eigenvalue weighted by Crippen LogP contribution is -2.24. The Kier molecular flexibility index (Phi) is 6.71. The molecule has 3 atom stereocenters. The molecule has 0 spiro atoms. The Morgan fingerprint density at radius 1 is 1.38 bits per heavy atom. The first-order chi connectivity index (χ1) is 16.1. The van der Waals surface area contributed by atoms with E-state index in [1.165, 1.54) is 4.52 Å². The molecule has 0 radical (unpaired) electrons. The molecule has 0 amide bonds. The maximum absolute atomic E-state index is 11.4. The molecule has 182 valence electrons. The second-order valence-corrected chi connectivity index (χ2v) is 10.7. The highest BCUT2D eigenvalue weighted by Gasteiger charge is 2.36. The number of nitriles is 1. The summed E-state index contributed by atoms with van der Waals surface area (Å²) in [6, 6.07) is 4.10.